The van der Waals surface area contributed by atoms with Gasteiger partial charge in [0.25, 0.3) is 0 Å². The van der Waals surface area contributed by atoms with Gasteiger partial charge >= 0.3 is 0 Å². The van der Waals surface area contributed by atoms with Gasteiger partial charge in [-0.25, -0.2) is 0 Å². The number of nitrogens with one attached hydrogen (secondary N) is 1. The lowest BCUT2D eigenvalue weighted by Crippen LogP contribution is -2.39. The summed E-state index contributed by atoms with van der Waals surface area (Å²) in [6, 6.07) is 0.847. The molecule has 2 rings (SSSR count). The zero-order valence-corrected chi connectivity index (χ0v) is 9.76. The average Bonchev–Trinajstić information content (AvgIpc) is 2.64. The maximum absolute atomic E-state index is 3.74. The molecule has 1 heterocycles. The van der Waals surface area contributed by atoms with Crippen LogP contribution >= 0.6 is 0 Å². The standard InChI is InChI=1S/C13H25N/c1-3-11-6-4-5-7-12(11)13-10(2)8-9-14-13/h10-14H,3-9H2,1-2H3. The molecule has 1 heteroatoms. The minimum Gasteiger partial charge on any atom is -0.313 e. The van der Waals surface area contributed by atoms with Crippen LogP contribution in [0.1, 0.15) is 52.4 Å². The van der Waals surface area contributed by atoms with E-state index in [-0.39, 0.29) is 0 Å². The van der Waals surface area contributed by atoms with Gasteiger partial charge in [0.1, 0.15) is 0 Å². The zero-order chi connectivity index (χ0) is 9.97. The Morgan fingerprint density at radius 2 is 1.93 bits per heavy atom. The summed E-state index contributed by atoms with van der Waals surface area (Å²) in [5, 5.41) is 3.74. The predicted molar refractivity (Wildman–Crippen MR) is 61.3 cm³/mol. The van der Waals surface area contributed by atoms with E-state index >= 15 is 0 Å². The van der Waals surface area contributed by atoms with Gasteiger partial charge in [-0.3, -0.25) is 0 Å². The minimum absolute atomic E-state index is 0.847. The second-order valence-electron chi connectivity index (χ2n) is 5.36. The molecule has 1 saturated carbocycles. The molecule has 1 saturated heterocycles. The molecule has 0 aromatic carbocycles. The van der Waals surface area contributed by atoms with Crippen molar-refractivity contribution in [1.29, 1.82) is 0 Å². The van der Waals surface area contributed by atoms with Crippen LogP contribution in [0.5, 0.6) is 0 Å². The summed E-state index contributed by atoms with van der Waals surface area (Å²) in [5.74, 6) is 2.93. The first kappa shape index (κ1) is 10.5. The largest absolute Gasteiger partial charge is 0.313 e. The number of rotatable bonds is 2. The van der Waals surface area contributed by atoms with Crippen molar-refractivity contribution in [3.8, 4) is 0 Å². The predicted octanol–water partition coefficient (Wildman–Crippen LogP) is 3.20. The fourth-order valence-electron chi connectivity index (χ4n) is 3.65. The fourth-order valence-corrected chi connectivity index (χ4v) is 3.65. The number of hydrogen-bond acceptors (Lipinski definition) is 1. The van der Waals surface area contributed by atoms with Crippen molar-refractivity contribution < 1.29 is 0 Å². The van der Waals surface area contributed by atoms with Crippen molar-refractivity contribution in [3.05, 3.63) is 0 Å². The first-order valence-electron chi connectivity index (χ1n) is 6.56. The third kappa shape index (κ3) is 1.98. The van der Waals surface area contributed by atoms with Crippen molar-refractivity contribution in [2.75, 3.05) is 6.54 Å². The summed E-state index contributed by atoms with van der Waals surface area (Å²) >= 11 is 0. The van der Waals surface area contributed by atoms with E-state index in [1.54, 1.807) is 0 Å². The van der Waals surface area contributed by atoms with Gasteiger partial charge in [0, 0.05) is 6.04 Å². The van der Waals surface area contributed by atoms with E-state index in [4.69, 9.17) is 0 Å². The van der Waals surface area contributed by atoms with E-state index in [9.17, 15) is 0 Å². The molecule has 1 nitrogen and oxygen atoms in total. The maximum atomic E-state index is 3.74. The molecule has 1 N–H and O–H groups in total. The van der Waals surface area contributed by atoms with Crippen LogP contribution < -0.4 is 5.32 Å². The molecule has 2 aliphatic rings. The van der Waals surface area contributed by atoms with E-state index < -0.39 is 0 Å². The first-order chi connectivity index (χ1) is 6.83. The van der Waals surface area contributed by atoms with Crippen LogP contribution in [0.4, 0.5) is 0 Å². The van der Waals surface area contributed by atoms with E-state index in [2.05, 4.69) is 19.2 Å². The van der Waals surface area contributed by atoms with Crippen molar-refractivity contribution >= 4 is 0 Å². The smallest absolute Gasteiger partial charge is 0.0124 e. The molecule has 14 heavy (non-hydrogen) atoms. The van der Waals surface area contributed by atoms with Crippen LogP contribution in [0, 0.1) is 17.8 Å². The summed E-state index contributed by atoms with van der Waals surface area (Å²) in [6.45, 7) is 6.08. The fraction of sp³-hybridized carbons (Fsp3) is 1.00. The second-order valence-corrected chi connectivity index (χ2v) is 5.36. The Morgan fingerprint density at radius 1 is 1.14 bits per heavy atom. The van der Waals surface area contributed by atoms with Gasteiger partial charge in [-0.05, 0) is 37.1 Å². The summed E-state index contributed by atoms with van der Waals surface area (Å²) < 4.78 is 0. The van der Waals surface area contributed by atoms with Gasteiger partial charge in [-0.15, -0.1) is 0 Å². The molecular weight excluding hydrogens is 170 g/mol. The highest BCUT2D eigenvalue weighted by molar-refractivity contribution is 4.91. The van der Waals surface area contributed by atoms with E-state index in [0.717, 1.165) is 23.8 Å². The Kier molecular flexibility index (Phi) is 3.48. The normalized spacial score (nSPS) is 44.1. The van der Waals surface area contributed by atoms with E-state index in [1.807, 2.05) is 0 Å². The Balaban J connectivity index is 1.99. The quantitative estimate of drug-likeness (QED) is 0.713. The van der Waals surface area contributed by atoms with Crippen LogP contribution in [0.15, 0.2) is 0 Å². The lowest BCUT2D eigenvalue weighted by atomic mass is 9.72. The van der Waals surface area contributed by atoms with E-state index in [1.165, 1.54) is 45.1 Å². The minimum atomic E-state index is 0.847. The molecule has 4 atom stereocenters. The molecule has 1 aliphatic heterocycles. The van der Waals surface area contributed by atoms with Crippen LogP contribution in [0.25, 0.3) is 0 Å². The summed E-state index contributed by atoms with van der Waals surface area (Å²) in [5.41, 5.74) is 0. The Morgan fingerprint density at radius 3 is 2.57 bits per heavy atom. The lowest BCUT2D eigenvalue weighted by molar-refractivity contribution is 0.165. The van der Waals surface area contributed by atoms with Crippen molar-refractivity contribution in [3.63, 3.8) is 0 Å². The summed E-state index contributed by atoms with van der Waals surface area (Å²) in [6.07, 6.45) is 8.74. The van der Waals surface area contributed by atoms with Gasteiger partial charge in [-0.2, -0.15) is 0 Å². The van der Waals surface area contributed by atoms with Gasteiger partial charge in [0.15, 0.2) is 0 Å². The highest BCUT2D eigenvalue weighted by Gasteiger charge is 2.35. The Bertz CT molecular complexity index is 178. The lowest BCUT2D eigenvalue weighted by Gasteiger charge is -2.37. The molecule has 0 amide bonds. The Labute approximate surface area is 88.7 Å². The third-order valence-corrected chi connectivity index (χ3v) is 4.55. The van der Waals surface area contributed by atoms with Crippen molar-refractivity contribution in [2.24, 2.45) is 17.8 Å². The van der Waals surface area contributed by atoms with Gasteiger partial charge in [0.2, 0.25) is 0 Å². The molecule has 1 aliphatic carbocycles. The molecule has 0 aromatic heterocycles. The third-order valence-electron chi connectivity index (χ3n) is 4.55. The van der Waals surface area contributed by atoms with Gasteiger partial charge in [0.05, 0.1) is 0 Å². The van der Waals surface area contributed by atoms with Crippen LogP contribution in [-0.4, -0.2) is 12.6 Å². The second kappa shape index (κ2) is 4.65. The molecule has 2 fully saturated rings. The van der Waals surface area contributed by atoms with Gasteiger partial charge in [-0.1, -0.05) is 39.5 Å². The average molecular weight is 195 g/mol. The number of hydrogen-bond donors (Lipinski definition) is 1. The zero-order valence-electron chi connectivity index (χ0n) is 9.76. The summed E-state index contributed by atoms with van der Waals surface area (Å²) in [7, 11) is 0. The van der Waals surface area contributed by atoms with Crippen LogP contribution in [-0.2, 0) is 0 Å². The highest BCUT2D eigenvalue weighted by Crippen LogP contribution is 2.38. The highest BCUT2D eigenvalue weighted by atomic mass is 15.0. The van der Waals surface area contributed by atoms with Crippen LogP contribution in [0.3, 0.4) is 0 Å². The van der Waals surface area contributed by atoms with E-state index in [0.29, 0.717) is 0 Å². The topological polar surface area (TPSA) is 12.0 Å². The summed E-state index contributed by atoms with van der Waals surface area (Å²) in [4.78, 5) is 0. The molecule has 0 aromatic rings. The first-order valence-corrected chi connectivity index (χ1v) is 6.56. The van der Waals surface area contributed by atoms with Crippen molar-refractivity contribution in [1.82, 2.24) is 5.32 Å². The molecular formula is C13H25N. The monoisotopic (exact) mass is 195 g/mol. The molecule has 0 spiro atoms. The molecule has 0 radical (unpaired) electrons. The molecule has 4 unspecified atom stereocenters. The van der Waals surface area contributed by atoms with Crippen LogP contribution in [0.2, 0.25) is 0 Å². The maximum Gasteiger partial charge on any atom is 0.0124 e. The SMILES string of the molecule is CCC1CCCCC1C1NCCC1C. The Hall–Kier alpha value is -0.0400. The molecule has 82 valence electrons. The molecule has 0 bridgehead atoms. The van der Waals surface area contributed by atoms with Gasteiger partial charge < -0.3 is 5.32 Å². The van der Waals surface area contributed by atoms with Crippen molar-refractivity contribution in [2.45, 2.75) is 58.4 Å².